The Kier molecular flexibility index (Phi) is 8.31. The van der Waals surface area contributed by atoms with Gasteiger partial charge < -0.3 is 14.8 Å². The quantitative estimate of drug-likeness (QED) is 0.272. The maximum Gasteiger partial charge on any atom is 0.266 e. The summed E-state index contributed by atoms with van der Waals surface area (Å²) in [4.78, 5) is 27.7. The molecule has 4 rings (SSSR count). The van der Waals surface area contributed by atoms with Gasteiger partial charge in [0.25, 0.3) is 11.8 Å². The molecule has 0 saturated carbocycles. The fourth-order valence-corrected chi connectivity index (χ4v) is 5.32. The normalized spacial score (nSPS) is 15.1. The van der Waals surface area contributed by atoms with E-state index in [9.17, 15) is 9.59 Å². The number of nitrogens with zero attached hydrogens (tertiary/aromatic N) is 1. The Morgan fingerprint density at radius 1 is 1.05 bits per heavy atom. The summed E-state index contributed by atoms with van der Waals surface area (Å²) in [5.41, 5.74) is 4.76. The minimum atomic E-state index is -0.273. The lowest BCUT2D eigenvalue weighted by molar-refractivity contribution is -0.123. The molecule has 1 atom stereocenters. The highest BCUT2D eigenvalue weighted by Crippen LogP contribution is 2.39. The van der Waals surface area contributed by atoms with Crippen LogP contribution in [0.25, 0.3) is 6.08 Å². The van der Waals surface area contributed by atoms with Gasteiger partial charge >= 0.3 is 0 Å². The van der Waals surface area contributed by atoms with E-state index in [1.54, 1.807) is 23.1 Å². The number of hydrogen-bond donors (Lipinski definition) is 1. The number of ether oxygens (including phenoxy) is 2. The third kappa shape index (κ3) is 6.21. The molecular formula is C29H28N2O4S2. The second kappa shape index (κ2) is 11.6. The lowest BCUT2D eigenvalue weighted by Gasteiger charge is -2.23. The molecule has 190 valence electrons. The van der Waals surface area contributed by atoms with Crippen LogP contribution >= 0.6 is 24.0 Å². The molecule has 0 radical (unpaired) electrons. The van der Waals surface area contributed by atoms with E-state index in [4.69, 9.17) is 21.7 Å². The smallest absolute Gasteiger partial charge is 0.266 e. The summed E-state index contributed by atoms with van der Waals surface area (Å²) in [6.45, 7) is 5.81. The molecule has 0 aromatic heterocycles. The van der Waals surface area contributed by atoms with Crippen molar-refractivity contribution in [1.82, 2.24) is 4.90 Å². The average Bonchev–Trinajstić information content (AvgIpc) is 3.17. The van der Waals surface area contributed by atoms with Crippen molar-refractivity contribution in [2.45, 2.75) is 26.8 Å². The number of methoxy groups -OCH3 is 1. The summed E-state index contributed by atoms with van der Waals surface area (Å²) in [7, 11) is 1.53. The second-order valence-electron chi connectivity index (χ2n) is 8.68. The number of thioether (sulfide) groups is 1. The van der Waals surface area contributed by atoms with E-state index in [1.165, 1.54) is 18.9 Å². The van der Waals surface area contributed by atoms with E-state index < -0.39 is 0 Å². The van der Waals surface area contributed by atoms with Gasteiger partial charge in [-0.15, -0.1) is 0 Å². The van der Waals surface area contributed by atoms with Crippen LogP contribution in [0.1, 0.15) is 35.2 Å². The first-order chi connectivity index (χ1) is 17.8. The Labute approximate surface area is 226 Å². The van der Waals surface area contributed by atoms with Crippen molar-refractivity contribution in [3.05, 3.63) is 93.9 Å². The van der Waals surface area contributed by atoms with E-state index in [0.717, 1.165) is 27.9 Å². The number of carbonyl (C=O) groups excluding carboxylic acids is 2. The van der Waals surface area contributed by atoms with E-state index >= 15 is 0 Å². The fourth-order valence-electron chi connectivity index (χ4n) is 3.90. The summed E-state index contributed by atoms with van der Waals surface area (Å²) in [6, 6.07) is 20.7. The van der Waals surface area contributed by atoms with Crippen LogP contribution in [0.2, 0.25) is 0 Å². The van der Waals surface area contributed by atoms with E-state index in [0.29, 0.717) is 20.7 Å². The zero-order chi connectivity index (χ0) is 26.5. The molecule has 1 fully saturated rings. The standard InChI is InChI=1S/C29H28N2O4S2/c1-18-10-12-23(14-19(18)2)30-27(32)17-35-24-13-11-21(15-25(24)34-4)16-26-28(33)31(29(36)37-26)20(3)22-8-6-5-7-9-22/h5-16,20H,17H2,1-4H3,(H,30,32)/b26-16-/t20-/m1/s1. The summed E-state index contributed by atoms with van der Waals surface area (Å²) >= 11 is 6.80. The predicted octanol–water partition coefficient (Wildman–Crippen LogP) is 6.29. The first-order valence-corrected chi connectivity index (χ1v) is 13.0. The van der Waals surface area contributed by atoms with Crippen LogP contribution < -0.4 is 14.8 Å². The molecule has 1 aliphatic heterocycles. The van der Waals surface area contributed by atoms with Crippen LogP contribution in [-0.4, -0.2) is 34.8 Å². The van der Waals surface area contributed by atoms with E-state index in [-0.39, 0.29) is 24.5 Å². The van der Waals surface area contributed by atoms with Crippen LogP contribution in [0, 0.1) is 13.8 Å². The predicted molar refractivity (Wildman–Crippen MR) is 153 cm³/mol. The zero-order valence-corrected chi connectivity index (χ0v) is 22.7. The Hall–Kier alpha value is -3.62. The molecule has 37 heavy (non-hydrogen) atoms. The third-order valence-corrected chi connectivity index (χ3v) is 7.46. The molecule has 1 saturated heterocycles. The molecule has 1 N–H and O–H groups in total. The zero-order valence-electron chi connectivity index (χ0n) is 21.1. The van der Waals surface area contributed by atoms with Gasteiger partial charge in [0.05, 0.1) is 18.1 Å². The number of rotatable bonds is 8. The van der Waals surface area contributed by atoms with Gasteiger partial charge in [0, 0.05) is 5.69 Å². The Morgan fingerprint density at radius 3 is 2.51 bits per heavy atom. The van der Waals surface area contributed by atoms with Crippen LogP contribution in [0.4, 0.5) is 5.69 Å². The molecule has 0 spiro atoms. The molecular weight excluding hydrogens is 504 g/mol. The van der Waals surface area contributed by atoms with Crippen molar-refractivity contribution >= 4 is 51.9 Å². The number of thiocarbonyl (C=S) groups is 1. The van der Waals surface area contributed by atoms with Crippen molar-refractivity contribution < 1.29 is 19.1 Å². The molecule has 6 nitrogen and oxygen atoms in total. The second-order valence-corrected chi connectivity index (χ2v) is 10.4. The largest absolute Gasteiger partial charge is 0.493 e. The van der Waals surface area contributed by atoms with Crippen molar-refractivity contribution in [3.63, 3.8) is 0 Å². The number of aryl methyl sites for hydroxylation is 2. The number of nitrogens with one attached hydrogen (secondary N) is 1. The maximum absolute atomic E-state index is 13.2. The molecule has 3 aromatic carbocycles. The molecule has 3 aromatic rings. The monoisotopic (exact) mass is 532 g/mol. The van der Waals surface area contributed by atoms with Crippen molar-refractivity contribution in [1.29, 1.82) is 0 Å². The van der Waals surface area contributed by atoms with Crippen LogP contribution in [-0.2, 0) is 9.59 Å². The number of anilines is 1. The summed E-state index contributed by atoms with van der Waals surface area (Å²) in [6.07, 6.45) is 1.79. The SMILES string of the molecule is COc1cc(/C=C2\SC(=S)N([C@H](C)c3ccccc3)C2=O)ccc1OCC(=O)Nc1ccc(C)c(C)c1. The lowest BCUT2D eigenvalue weighted by Crippen LogP contribution is -2.30. The maximum atomic E-state index is 13.2. The van der Waals surface area contributed by atoms with Gasteiger partial charge in [-0.2, -0.15) is 0 Å². The molecule has 2 amide bonds. The van der Waals surface area contributed by atoms with Gasteiger partial charge in [-0.1, -0.05) is 66.4 Å². The summed E-state index contributed by atoms with van der Waals surface area (Å²) in [5.74, 6) is 0.486. The Morgan fingerprint density at radius 2 is 1.81 bits per heavy atom. The molecule has 8 heteroatoms. The van der Waals surface area contributed by atoms with Gasteiger partial charge in [0.1, 0.15) is 4.32 Å². The minimum absolute atomic E-state index is 0.131. The highest BCUT2D eigenvalue weighted by molar-refractivity contribution is 8.26. The van der Waals surface area contributed by atoms with Crippen molar-refractivity contribution in [2.24, 2.45) is 0 Å². The highest BCUT2D eigenvalue weighted by Gasteiger charge is 2.35. The first kappa shape index (κ1) is 26.4. The average molecular weight is 533 g/mol. The molecule has 0 bridgehead atoms. The number of amides is 2. The van der Waals surface area contributed by atoms with Crippen LogP contribution in [0.15, 0.2) is 71.6 Å². The van der Waals surface area contributed by atoms with Crippen LogP contribution in [0.3, 0.4) is 0 Å². The molecule has 1 heterocycles. The number of benzene rings is 3. The van der Waals surface area contributed by atoms with Gasteiger partial charge in [-0.3, -0.25) is 14.5 Å². The third-order valence-electron chi connectivity index (χ3n) is 6.13. The number of hydrogen-bond acceptors (Lipinski definition) is 6. The van der Waals surface area contributed by atoms with Gasteiger partial charge in [0.2, 0.25) is 0 Å². The van der Waals surface area contributed by atoms with Crippen molar-refractivity contribution in [3.8, 4) is 11.5 Å². The first-order valence-electron chi connectivity index (χ1n) is 11.8. The van der Waals surface area contributed by atoms with Gasteiger partial charge in [0.15, 0.2) is 18.1 Å². The van der Waals surface area contributed by atoms with Crippen LogP contribution in [0.5, 0.6) is 11.5 Å². The van der Waals surface area contributed by atoms with E-state index in [2.05, 4.69) is 5.32 Å². The minimum Gasteiger partial charge on any atom is -0.493 e. The summed E-state index contributed by atoms with van der Waals surface area (Å²) in [5, 5.41) is 2.84. The molecule has 0 aliphatic carbocycles. The molecule has 0 unspecified atom stereocenters. The van der Waals surface area contributed by atoms with Crippen molar-refractivity contribution in [2.75, 3.05) is 19.0 Å². The molecule has 1 aliphatic rings. The Bertz CT molecular complexity index is 1370. The Balaban J connectivity index is 1.43. The topological polar surface area (TPSA) is 67.9 Å². The van der Waals surface area contributed by atoms with Gasteiger partial charge in [-0.25, -0.2) is 0 Å². The van der Waals surface area contributed by atoms with E-state index in [1.807, 2.05) is 75.4 Å². The fraction of sp³-hybridized carbons (Fsp3) is 0.207. The van der Waals surface area contributed by atoms with Gasteiger partial charge in [-0.05, 0) is 73.4 Å². The lowest BCUT2D eigenvalue weighted by atomic mass is 10.1. The highest BCUT2D eigenvalue weighted by atomic mass is 32.2. The summed E-state index contributed by atoms with van der Waals surface area (Å²) < 4.78 is 11.7. The number of carbonyl (C=O) groups is 2.